The number of methoxy groups -OCH3 is 1. The van der Waals surface area contributed by atoms with E-state index < -0.39 is 5.97 Å². The van der Waals surface area contributed by atoms with E-state index in [0.29, 0.717) is 17.8 Å². The lowest BCUT2D eigenvalue weighted by Gasteiger charge is -2.10. The van der Waals surface area contributed by atoms with Gasteiger partial charge in [-0.15, -0.1) is 0 Å². The molecule has 0 fully saturated rings. The van der Waals surface area contributed by atoms with Crippen LogP contribution >= 0.6 is 0 Å². The Balaban J connectivity index is 1.93. The van der Waals surface area contributed by atoms with Gasteiger partial charge < -0.3 is 20.3 Å². The minimum atomic E-state index is -0.395. The van der Waals surface area contributed by atoms with Crippen molar-refractivity contribution in [3.63, 3.8) is 0 Å². The Labute approximate surface area is 153 Å². The highest BCUT2D eigenvalue weighted by Crippen LogP contribution is 2.17. The molecule has 138 valence electrons. The van der Waals surface area contributed by atoms with Crippen LogP contribution in [0.15, 0.2) is 42.6 Å². The van der Waals surface area contributed by atoms with Crippen molar-refractivity contribution in [3.8, 4) is 0 Å². The first kappa shape index (κ1) is 19.4. The summed E-state index contributed by atoms with van der Waals surface area (Å²) in [6.07, 6.45) is 2.47. The summed E-state index contributed by atoms with van der Waals surface area (Å²) >= 11 is 0. The molecule has 0 spiro atoms. The van der Waals surface area contributed by atoms with Crippen molar-refractivity contribution >= 4 is 23.3 Å². The van der Waals surface area contributed by atoms with Crippen LogP contribution in [0.5, 0.6) is 0 Å². The van der Waals surface area contributed by atoms with Crippen LogP contribution in [0.2, 0.25) is 0 Å². The van der Waals surface area contributed by atoms with Crippen molar-refractivity contribution in [2.75, 3.05) is 39.6 Å². The first-order valence-electron chi connectivity index (χ1n) is 8.34. The lowest BCUT2D eigenvalue weighted by Crippen LogP contribution is -2.27. The first-order valence-corrected chi connectivity index (χ1v) is 8.34. The minimum Gasteiger partial charge on any atom is -0.465 e. The van der Waals surface area contributed by atoms with E-state index in [-0.39, 0.29) is 5.91 Å². The number of hydrogen-bond donors (Lipinski definition) is 2. The number of pyridine rings is 1. The van der Waals surface area contributed by atoms with Crippen molar-refractivity contribution < 1.29 is 14.3 Å². The highest BCUT2D eigenvalue weighted by atomic mass is 16.5. The molecule has 1 amide bonds. The molecule has 7 nitrogen and oxygen atoms in total. The van der Waals surface area contributed by atoms with Crippen LogP contribution in [0, 0.1) is 0 Å². The van der Waals surface area contributed by atoms with Gasteiger partial charge in [-0.05, 0) is 57.4 Å². The molecule has 0 saturated heterocycles. The molecule has 2 N–H and O–H groups in total. The van der Waals surface area contributed by atoms with Gasteiger partial charge in [0.15, 0.2) is 0 Å². The lowest BCUT2D eigenvalue weighted by atomic mass is 10.2. The standard InChI is InChI=1S/C19H24N4O3/c1-23(2)11-5-10-20-18(24)17-9-8-16(13-21-17)22-15-7-4-6-14(12-15)19(25)26-3/h4,6-9,12-13,22H,5,10-11H2,1-3H3,(H,20,24). The monoisotopic (exact) mass is 356 g/mol. The molecule has 1 aromatic heterocycles. The van der Waals surface area contributed by atoms with Crippen LogP contribution in [0.4, 0.5) is 11.4 Å². The summed E-state index contributed by atoms with van der Waals surface area (Å²) < 4.78 is 4.71. The fraction of sp³-hybridized carbons (Fsp3) is 0.316. The second-order valence-corrected chi connectivity index (χ2v) is 6.04. The maximum atomic E-state index is 12.1. The molecule has 0 unspecified atom stereocenters. The molecular formula is C19H24N4O3. The van der Waals surface area contributed by atoms with Crippen molar-refractivity contribution in [2.24, 2.45) is 0 Å². The van der Waals surface area contributed by atoms with Crippen molar-refractivity contribution in [3.05, 3.63) is 53.9 Å². The van der Waals surface area contributed by atoms with E-state index in [1.54, 1.807) is 36.5 Å². The van der Waals surface area contributed by atoms with Crippen LogP contribution in [0.1, 0.15) is 27.3 Å². The molecule has 1 heterocycles. The quantitative estimate of drug-likeness (QED) is 0.558. The fourth-order valence-electron chi connectivity index (χ4n) is 2.30. The zero-order valence-corrected chi connectivity index (χ0v) is 15.3. The molecule has 0 atom stereocenters. The average Bonchev–Trinajstić information content (AvgIpc) is 2.65. The topological polar surface area (TPSA) is 83.6 Å². The number of ether oxygens (including phenoxy) is 1. The second-order valence-electron chi connectivity index (χ2n) is 6.04. The average molecular weight is 356 g/mol. The fourth-order valence-corrected chi connectivity index (χ4v) is 2.30. The highest BCUT2D eigenvalue weighted by molar-refractivity contribution is 5.92. The molecule has 0 saturated carbocycles. The number of hydrogen-bond acceptors (Lipinski definition) is 6. The Morgan fingerprint density at radius 1 is 1.15 bits per heavy atom. The summed E-state index contributed by atoms with van der Waals surface area (Å²) in [7, 11) is 5.34. The summed E-state index contributed by atoms with van der Waals surface area (Å²) in [5.41, 5.74) is 2.27. The lowest BCUT2D eigenvalue weighted by molar-refractivity contribution is 0.0600. The number of anilines is 2. The molecule has 0 radical (unpaired) electrons. The van der Waals surface area contributed by atoms with E-state index in [2.05, 4.69) is 20.5 Å². The van der Waals surface area contributed by atoms with Crippen molar-refractivity contribution in [2.45, 2.75) is 6.42 Å². The van der Waals surface area contributed by atoms with E-state index in [1.807, 2.05) is 20.2 Å². The molecule has 0 aliphatic rings. The number of amides is 1. The van der Waals surface area contributed by atoms with E-state index in [9.17, 15) is 9.59 Å². The van der Waals surface area contributed by atoms with Crippen molar-refractivity contribution in [1.29, 1.82) is 0 Å². The summed E-state index contributed by atoms with van der Waals surface area (Å²) in [5.74, 6) is -0.587. The predicted molar refractivity (Wildman–Crippen MR) is 101 cm³/mol. The van der Waals surface area contributed by atoms with Gasteiger partial charge in [0.05, 0.1) is 24.6 Å². The Morgan fingerprint density at radius 3 is 2.62 bits per heavy atom. The van der Waals surface area contributed by atoms with Crippen molar-refractivity contribution in [1.82, 2.24) is 15.2 Å². The van der Waals surface area contributed by atoms with Gasteiger partial charge in [-0.2, -0.15) is 0 Å². The largest absolute Gasteiger partial charge is 0.465 e. The van der Waals surface area contributed by atoms with E-state index >= 15 is 0 Å². The highest BCUT2D eigenvalue weighted by Gasteiger charge is 2.08. The Morgan fingerprint density at radius 2 is 1.96 bits per heavy atom. The third-order valence-electron chi connectivity index (χ3n) is 3.64. The van der Waals surface area contributed by atoms with Crippen LogP contribution in [0.3, 0.4) is 0 Å². The predicted octanol–water partition coefficient (Wildman–Crippen LogP) is 2.29. The molecular weight excluding hydrogens is 332 g/mol. The summed E-state index contributed by atoms with van der Waals surface area (Å²) in [5, 5.41) is 6.00. The summed E-state index contributed by atoms with van der Waals surface area (Å²) in [6, 6.07) is 10.4. The maximum absolute atomic E-state index is 12.1. The van der Waals surface area contributed by atoms with Gasteiger partial charge in [0, 0.05) is 12.2 Å². The summed E-state index contributed by atoms with van der Waals surface area (Å²) in [6.45, 7) is 1.53. The van der Waals surface area contributed by atoms with Gasteiger partial charge in [0.2, 0.25) is 0 Å². The molecule has 0 aliphatic heterocycles. The Hall–Kier alpha value is -2.93. The van der Waals surface area contributed by atoms with Crippen LogP contribution in [-0.2, 0) is 4.74 Å². The van der Waals surface area contributed by atoms with E-state index in [0.717, 1.165) is 24.3 Å². The van der Waals surface area contributed by atoms with Crippen LogP contribution < -0.4 is 10.6 Å². The molecule has 2 rings (SSSR count). The molecule has 26 heavy (non-hydrogen) atoms. The molecule has 7 heteroatoms. The molecule has 0 bridgehead atoms. The van der Waals surface area contributed by atoms with Gasteiger partial charge in [-0.25, -0.2) is 9.78 Å². The minimum absolute atomic E-state index is 0.192. The number of nitrogens with one attached hydrogen (secondary N) is 2. The van der Waals surface area contributed by atoms with E-state index in [4.69, 9.17) is 4.74 Å². The number of benzene rings is 1. The smallest absolute Gasteiger partial charge is 0.337 e. The zero-order chi connectivity index (χ0) is 18.9. The number of esters is 1. The van der Waals surface area contributed by atoms with Crippen LogP contribution in [-0.4, -0.2) is 56.1 Å². The Kier molecular flexibility index (Phi) is 7.11. The number of nitrogens with zero attached hydrogens (tertiary/aromatic N) is 2. The number of rotatable bonds is 8. The SMILES string of the molecule is COC(=O)c1cccc(Nc2ccc(C(=O)NCCCN(C)C)nc2)c1. The second kappa shape index (κ2) is 9.53. The van der Waals surface area contributed by atoms with Gasteiger partial charge in [0.25, 0.3) is 5.91 Å². The Bertz CT molecular complexity index is 745. The zero-order valence-electron chi connectivity index (χ0n) is 15.3. The molecule has 1 aromatic carbocycles. The first-order chi connectivity index (χ1) is 12.5. The van der Waals surface area contributed by atoms with Crippen LogP contribution in [0.25, 0.3) is 0 Å². The van der Waals surface area contributed by atoms with E-state index in [1.165, 1.54) is 7.11 Å². The molecule has 2 aromatic rings. The van der Waals surface area contributed by atoms with Gasteiger partial charge in [-0.1, -0.05) is 6.07 Å². The number of aromatic nitrogens is 1. The van der Waals surface area contributed by atoms with Gasteiger partial charge in [-0.3, -0.25) is 4.79 Å². The maximum Gasteiger partial charge on any atom is 0.337 e. The van der Waals surface area contributed by atoms with Gasteiger partial charge >= 0.3 is 5.97 Å². The molecule has 0 aliphatic carbocycles. The normalized spacial score (nSPS) is 10.5. The summed E-state index contributed by atoms with van der Waals surface area (Å²) in [4.78, 5) is 29.9. The number of carbonyl (C=O) groups excluding carboxylic acids is 2. The number of carbonyl (C=O) groups is 2. The third-order valence-corrected chi connectivity index (χ3v) is 3.64. The van der Waals surface area contributed by atoms with Gasteiger partial charge in [0.1, 0.15) is 5.69 Å². The third kappa shape index (κ3) is 5.86.